The summed E-state index contributed by atoms with van der Waals surface area (Å²) < 4.78 is 1.12. The van der Waals surface area contributed by atoms with Crippen molar-refractivity contribution in [1.82, 2.24) is 0 Å². The van der Waals surface area contributed by atoms with Gasteiger partial charge in [-0.25, -0.2) is 0 Å². The van der Waals surface area contributed by atoms with Crippen LogP contribution in [-0.2, 0) is 0 Å². The number of halogens is 1. The summed E-state index contributed by atoms with van der Waals surface area (Å²) in [7, 11) is 0. The van der Waals surface area contributed by atoms with E-state index in [1.165, 1.54) is 10.8 Å². The van der Waals surface area contributed by atoms with Gasteiger partial charge in [0, 0.05) is 9.26 Å². The maximum atomic E-state index is 5.78. The van der Waals surface area contributed by atoms with Gasteiger partial charge in [-0.15, -0.1) is 0 Å². The Morgan fingerprint density at radius 3 is 2.25 bits per heavy atom. The van der Waals surface area contributed by atoms with Crippen molar-refractivity contribution in [2.24, 2.45) is 0 Å². The van der Waals surface area contributed by atoms with Gasteiger partial charge in [0.05, 0.1) is 0 Å². The highest BCUT2D eigenvalue weighted by atomic mass is 127. The van der Waals surface area contributed by atoms with E-state index in [1.54, 1.807) is 0 Å². The van der Waals surface area contributed by atoms with Crippen LogP contribution in [0, 0.1) is 3.57 Å². The Bertz CT molecular complexity index is 383. The van der Waals surface area contributed by atoms with Crippen LogP contribution in [0.15, 0.2) is 36.4 Å². The van der Waals surface area contributed by atoms with E-state index in [9.17, 15) is 0 Å². The van der Waals surface area contributed by atoms with Crippen molar-refractivity contribution < 1.29 is 0 Å². The van der Waals surface area contributed by atoms with Crippen LogP contribution in [0.25, 0.3) is 10.8 Å². The predicted octanol–water partition coefficient (Wildman–Crippen LogP) is 3.03. The molecule has 0 unspecified atom stereocenters. The van der Waals surface area contributed by atoms with Crippen molar-refractivity contribution in [3.8, 4) is 0 Å². The van der Waals surface area contributed by atoms with Crippen LogP contribution in [0.1, 0.15) is 0 Å². The lowest BCUT2D eigenvalue weighted by Gasteiger charge is -2.01. The first-order valence-electron chi connectivity index (χ1n) is 3.71. The normalized spacial score (nSPS) is 10.4. The van der Waals surface area contributed by atoms with Gasteiger partial charge in [0.15, 0.2) is 0 Å². The monoisotopic (exact) mass is 269 g/mol. The standard InChI is InChI=1S/C10H8IN/c11-9-5-7-3-1-2-4-8(7)6-10(9)12/h1-6H,12H2. The van der Waals surface area contributed by atoms with E-state index >= 15 is 0 Å². The minimum Gasteiger partial charge on any atom is -0.398 e. The largest absolute Gasteiger partial charge is 0.398 e. The lowest BCUT2D eigenvalue weighted by molar-refractivity contribution is 1.67. The molecule has 0 atom stereocenters. The van der Waals surface area contributed by atoms with E-state index in [4.69, 9.17) is 5.73 Å². The fourth-order valence-corrected chi connectivity index (χ4v) is 1.72. The number of nitrogen functional groups attached to an aromatic ring is 1. The number of benzene rings is 2. The molecule has 0 aromatic heterocycles. The number of hydrogen-bond donors (Lipinski definition) is 1. The molecular formula is C10H8IN. The molecule has 60 valence electrons. The van der Waals surface area contributed by atoms with Gasteiger partial charge in [-0.05, 0) is 45.5 Å². The number of nitrogens with two attached hydrogens (primary N) is 1. The van der Waals surface area contributed by atoms with Crippen molar-refractivity contribution in [2.75, 3.05) is 5.73 Å². The summed E-state index contributed by atoms with van der Waals surface area (Å²) in [5.41, 5.74) is 6.63. The molecule has 0 radical (unpaired) electrons. The molecule has 1 nitrogen and oxygen atoms in total. The average molecular weight is 269 g/mol. The first-order valence-corrected chi connectivity index (χ1v) is 4.79. The molecule has 2 aromatic rings. The molecule has 2 heteroatoms. The molecule has 0 heterocycles. The Morgan fingerprint density at radius 1 is 1.00 bits per heavy atom. The van der Waals surface area contributed by atoms with Gasteiger partial charge in [0.1, 0.15) is 0 Å². The summed E-state index contributed by atoms with van der Waals surface area (Å²) in [4.78, 5) is 0. The maximum Gasteiger partial charge on any atom is 0.0456 e. The third-order valence-electron chi connectivity index (χ3n) is 1.87. The topological polar surface area (TPSA) is 26.0 Å². The maximum absolute atomic E-state index is 5.78. The zero-order chi connectivity index (χ0) is 8.55. The van der Waals surface area contributed by atoms with Crippen LogP contribution in [-0.4, -0.2) is 0 Å². The summed E-state index contributed by atoms with van der Waals surface area (Å²) in [6.07, 6.45) is 0. The highest BCUT2D eigenvalue weighted by Crippen LogP contribution is 2.22. The molecule has 2 rings (SSSR count). The highest BCUT2D eigenvalue weighted by molar-refractivity contribution is 14.1. The van der Waals surface area contributed by atoms with Crippen molar-refractivity contribution in [1.29, 1.82) is 0 Å². The van der Waals surface area contributed by atoms with Crippen LogP contribution in [0.4, 0.5) is 5.69 Å². The Balaban J connectivity index is 2.84. The number of rotatable bonds is 0. The number of anilines is 1. The van der Waals surface area contributed by atoms with E-state index < -0.39 is 0 Å². The molecule has 0 saturated carbocycles. The van der Waals surface area contributed by atoms with Gasteiger partial charge < -0.3 is 5.73 Å². The van der Waals surface area contributed by atoms with E-state index in [0.717, 1.165) is 9.26 Å². The lowest BCUT2D eigenvalue weighted by Crippen LogP contribution is -1.88. The number of hydrogen-bond acceptors (Lipinski definition) is 1. The molecule has 0 aliphatic carbocycles. The van der Waals surface area contributed by atoms with E-state index in [2.05, 4.69) is 40.8 Å². The van der Waals surface area contributed by atoms with Crippen molar-refractivity contribution >= 4 is 39.1 Å². The molecule has 12 heavy (non-hydrogen) atoms. The van der Waals surface area contributed by atoms with Gasteiger partial charge in [0.25, 0.3) is 0 Å². The van der Waals surface area contributed by atoms with Crippen LogP contribution < -0.4 is 5.73 Å². The third kappa shape index (κ3) is 1.27. The Hall–Kier alpha value is -0.770. The Labute approximate surface area is 84.7 Å². The molecule has 0 fully saturated rings. The first kappa shape index (κ1) is 7.86. The van der Waals surface area contributed by atoms with Crippen molar-refractivity contribution in [3.63, 3.8) is 0 Å². The molecule has 0 saturated heterocycles. The van der Waals surface area contributed by atoms with Gasteiger partial charge in [0.2, 0.25) is 0 Å². The zero-order valence-corrected chi connectivity index (χ0v) is 8.58. The summed E-state index contributed by atoms with van der Waals surface area (Å²) in [6, 6.07) is 12.3. The van der Waals surface area contributed by atoms with E-state index in [-0.39, 0.29) is 0 Å². The molecule has 2 aromatic carbocycles. The fourth-order valence-electron chi connectivity index (χ4n) is 1.23. The zero-order valence-electron chi connectivity index (χ0n) is 6.42. The molecular weight excluding hydrogens is 261 g/mol. The van der Waals surface area contributed by atoms with E-state index in [1.807, 2.05) is 18.2 Å². The van der Waals surface area contributed by atoms with Crippen LogP contribution in [0.5, 0.6) is 0 Å². The minimum atomic E-state index is 0.856. The van der Waals surface area contributed by atoms with Gasteiger partial charge in [-0.1, -0.05) is 24.3 Å². The highest BCUT2D eigenvalue weighted by Gasteiger charge is 1.97. The second-order valence-corrected chi connectivity index (χ2v) is 3.88. The van der Waals surface area contributed by atoms with Gasteiger partial charge in [-0.3, -0.25) is 0 Å². The summed E-state index contributed by atoms with van der Waals surface area (Å²) in [5, 5.41) is 2.45. The Kier molecular flexibility index (Phi) is 1.92. The fraction of sp³-hybridized carbons (Fsp3) is 0. The van der Waals surface area contributed by atoms with Crippen LogP contribution in [0.3, 0.4) is 0 Å². The predicted molar refractivity (Wildman–Crippen MR) is 61.1 cm³/mol. The first-order chi connectivity index (χ1) is 5.77. The molecule has 0 bridgehead atoms. The van der Waals surface area contributed by atoms with E-state index in [0.29, 0.717) is 0 Å². The summed E-state index contributed by atoms with van der Waals surface area (Å²) in [6.45, 7) is 0. The molecule has 0 spiro atoms. The quantitative estimate of drug-likeness (QED) is 0.577. The van der Waals surface area contributed by atoms with Crippen molar-refractivity contribution in [3.05, 3.63) is 40.0 Å². The average Bonchev–Trinajstić information content (AvgIpc) is 2.07. The second kappa shape index (κ2) is 2.94. The lowest BCUT2D eigenvalue weighted by atomic mass is 10.1. The second-order valence-electron chi connectivity index (χ2n) is 2.72. The van der Waals surface area contributed by atoms with Crippen LogP contribution >= 0.6 is 22.6 Å². The smallest absolute Gasteiger partial charge is 0.0456 e. The molecule has 0 amide bonds. The van der Waals surface area contributed by atoms with Crippen molar-refractivity contribution in [2.45, 2.75) is 0 Å². The molecule has 2 N–H and O–H groups in total. The minimum absolute atomic E-state index is 0.856. The third-order valence-corrected chi connectivity index (χ3v) is 2.80. The summed E-state index contributed by atoms with van der Waals surface area (Å²) in [5.74, 6) is 0. The van der Waals surface area contributed by atoms with Gasteiger partial charge in [-0.2, -0.15) is 0 Å². The van der Waals surface area contributed by atoms with Crippen LogP contribution in [0.2, 0.25) is 0 Å². The Morgan fingerprint density at radius 2 is 1.58 bits per heavy atom. The SMILES string of the molecule is Nc1cc2ccccc2cc1I. The molecule has 0 aliphatic rings. The van der Waals surface area contributed by atoms with Gasteiger partial charge >= 0.3 is 0 Å². The summed E-state index contributed by atoms with van der Waals surface area (Å²) >= 11 is 2.25. The molecule has 0 aliphatic heterocycles. The number of fused-ring (bicyclic) bond motifs is 1.